The summed E-state index contributed by atoms with van der Waals surface area (Å²) in [5.41, 5.74) is 0. The predicted molar refractivity (Wildman–Crippen MR) is 44.7 cm³/mol. The average molecular weight is 180 g/mol. The Labute approximate surface area is 71.6 Å². The quantitative estimate of drug-likeness (QED) is 0.418. The summed E-state index contributed by atoms with van der Waals surface area (Å²) >= 11 is 0. The summed E-state index contributed by atoms with van der Waals surface area (Å²) in [6.45, 7) is 6.35. The molecule has 0 radical (unpaired) electrons. The van der Waals surface area contributed by atoms with Crippen LogP contribution in [0.15, 0.2) is 13.2 Å². The van der Waals surface area contributed by atoms with Crippen LogP contribution in [0.25, 0.3) is 0 Å². The second-order valence-electron chi connectivity index (χ2n) is 1.54. The van der Waals surface area contributed by atoms with E-state index in [1.54, 1.807) is 0 Å². The lowest BCUT2D eigenvalue weighted by Crippen LogP contribution is -2.15. The molecule has 0 bridgehead atoms. The topological polar surface area (TPSA) is 98.0 Å². The maximum Gasteiger partial charge on any atom is 0.300 e. The summed E-state index contributed by atoms with van der Waals surface area (Å²) in [4.78, 5) is 9.00. The maximum absolute atomic E-state index is 9.00. The lowest BCUT2D eigenvalue weighted by atomic mass is 10.4. The Balaban J connectivity index is -0.000000118. The van der Waals surface area contributed by atoms with Gasteiger partial charge in [-0.1, -0.05) is 0 Å². The maximum atomic E-state index is 9.00. The van der Waals surface area contributed by atoms with Crippen molar-refractivity contribution in [3.8, 4) is 0 Å². The third-order valence-electron chi connectivity index (χ3n) is 0.421. The number of carbonyl (C=O) groups is 1. The molecule has 0 atom stereocenters. The third kappa shape index (κ3) is 62.3. The number of aliphatic carboxylic acids is 1. The smallest absolute Gasteiger partial charge is 0.300 e. The number of hydrogen-bond donors (Lipinski definition) is 4. The van der Waals surface area contributed by atoms with Crippen molar-refractivity contribution in [2.45, 2.75) is 13.0 Å². The summed E-state index contributed by atoms with van der Waals surface area (Å²) in [5.74, 6) is -0.833. The third-order valence-corrected chi connectivity index (χ3v) is 0.421. The zero-order valence-electron chi connectivity index (χ0n) is 7.10. The van der Waals surface area contributed by atoms with Crippen LogP contribution in [-0.4, -0.2) is 45.7 Å². The Kier molecular flexibility index (Phi) is 23.8. The summed E-state index contributed by atoms with van der Waals surface area (Å²) in [7, 11) is 0. The molecule has 0 spiro atoms. The van der Waals surface area contributed by atoms with Gasteiger partial charge in [-0.2, -0.15) is 0 Å². The summed E-state index contributed by atoms with van der Waals surface area (Å²) in [6, 6.07) is 0. The first-order valence-corrected chi connectivity index (χ1v) is 3.13. The Morgan fingerprint density at radius 1 is 1.33 bits per heavy atom. The molecule has 0 aromatic carbocycles. The minimum absolute atomic E-state index is 0.365. The highest BCUT2D eigenvalue weighted by molar-refractivity contribution is 5.62. The van der Waals surface area contributed by atoms with E-state index in [1.165, 1.54) is 0 Å². The van der Waals surface area contributed by atoms with Crippen LogP contribution in [-0.2, 0) is 4.79 Å². The van der Waals surface area contributed by atoms with E-state index < -0.39 is 12.1 Å². The van der Waals surface area contributed by atoms with E-state index in [9.17, 15) is 0 Å². The van der Waals surface area contributed by atoms with Gasteiger partial charge in [0.05, 0.1) is 13.2 Å². The fraction of sp³-hybridized carbons (Fsp3) is 0.571. The van der Waals surface area contributed by atoms with E-state index >= 15 is 0 Å². The highest BCUT2D eigenvalue weighted by atomic mass is 16.4. The highest BCUT2D eigenvalue weighted by Gasteiger charge is 1.93. The van der Waals surface area contributed by atoms with Crippen molar-refractivity contribution in [1.82, 2.24) is 0 Å². The van der Waals surface area contributed by atoms with Crippen molar-refractivity contribution in [2.24, 2.45) is 0 Å². The second-order valence-corrected chi connectivity index (χ2v) is 1.54. The first-order chi connectivity index (χ1) is 5.54. The minimum atomic E-state index is -0.954. The second kappa shape index (κ2) is 16.6. The fourth-order valence-electron chi connectivity index (χ4n) is 0.0577. The average Bonchev–Trinajstić information content (AvgIpc) is 2.06. The Bertz CT molecular complexity index is 85.8. The largest absolute Gasteiger partial charge is 0.481 e. The molecule has 0 aliphatic carbocycles. The molecule has 5 heteroatoms. The standard InChI is InChI=1S/C3H8O3.C2H4O2.C2H4/c4-1-3(6)2-5;1-2(3)4;1-2/h3-6H,1-2H2;1H3,(H,3,4);1-2H2. The molecule has 74 valence electrons. The molecule has 0 aromatic rings. The van der Waals surface area contributed by atoms with Crippen LogP contribution in [0.3, 0.4) is 0 Å². The van der Waals surface area contributed by atoms with E-state index in [1.807, 2.05) is 0 Å². The van der Waals surface area contributed by atoms with Gasteiger partial charge in [-0.15, -0.1) is 13.2 Å². The zero-order valence-corrected chi connectivity index (χ0v) is 7.10. The van der Waals surface area contributed by atoms with Gasteiger partial charge in [0.25, 0.3) is 5.97 Å². The van der Waals surface area contributed by atoms with Gasteiger partial charge in [-0.25, -0.2) is 0 Å². The molecule has 0 unspecified atom stereocenters. The zero-order chi connectivity index (χ0) is 10.6. The van der Waals surface area contributed by atoms with Gasteiger partial charge in [0.2, 0.25) is 0 Å². The van der Waals surface area contributed by atoms with Crippen molar-refractivity contribution in [1.29, 1.82) is 0 Å². The van der Waals surface area contributed by atoms with Crippen molar-refractivity contribution >= 4 is 5.97 Å². The fourth-order valence-corrected chi connectivity index (χ4v) is 0.0577. The van der Waals surface area contributed by atoms with Crippen molar-refractivity contribution in [3.63, 3.8) is 0 Å². The first kappa shape index (κ1) is 17.3. The van der Waals surface area contributed by atoms with E-state index in [0.717, 1.165) is 6.92 Å². The molecule has 0 aliphatic rings. The number of aliphatic hydroxyl groups excluding tert-OH is 3. The molecule has 0 aliphatic heterocycles. The molecule has 12 heavy (non-hydrogen) atoms. The number of carboxylic acid groups (broad SMARTS) is 1. The Morgan fingerprint density at radius 3 is 1.50 bits per heavy atom. The van der Waals surface area contributed by atoms with Crippen LogP contribution in [0.2, 0.25) is 0 Å². The van der Waals surface area contributed by atoms with E-state index in [2.05, 4.69) is 13.2 Å². The van der Waals surface area contributed by atoms with Gasteiger partial charge in [-0.05, 0) is 0 Å². The molecule has 5 nitrogen and oxygen atoms in total. The van der Waals surface area contributed by atoms with E-state index in [4.69, 9.17) is 25.2 Å². The lowest BCUT2D eigenvalue weighted by molar-refractivity contribution is -0.134. The van der Waals surface area contributed by atoms with Gasteiger partial charge in [-0.3, -0.25) is 4.79 Å². The number of hydrogen-bond acceptors (Lipinski definition) is 4. The molecule has 0 amide bonds. The van der Waals surface area contributed by atoms with Crippen LogP contribution < -0.4 is 0 Å². The molecule has 0 rings (SSSR count). The molecule has 4 N–H and O–H groups in total. The van der Waals surface area contributed by atoms with E-state index in [-0.39, 0.29) is 13.2 Å². The summed E-state index contributed by atoms with van der Waals surface area (Å²) in [5, 5.41) is 31.4. The summed E-state index contributed by atoms with van der Waals surface area (Å²) < 4.78 is 0. The van der Waals surface area contributed by atoms with Gasteiger partial charge in [0, 0.05) is 6.92 Å². The molecular weight excluding hydrogens is 164 g/mol. The van der Waals surface area contributed by atoms with Crippen molar-refractivity contribution in [3.05, 3.63) is 13.2 Å². The van der Waals surface area contributed by atoms with Gasteiger partial charge >= 0.3 is 0 Å². The molecular formula is C7H16O5. The van der Waals surface area contributed by atoms with Crippen LogP contribution in [0.1, 0.15) is 6.92 Å². The van der Waals surface area contributed by atoms with Gasteiger partial charge in [0.1, 0.15) is 6.10 Å². The lowest BCUT2D eigenvalue weighted by Gasteiger charge is -1.96. The van der Waals surface area contributed by atoms with Gasteiger partial charge in [0.15, 0.2) is 0 Å². The predicted octanol–water partition coefficient (Wildman–Crippen LogP) is -0.775. The van der Waals surface area contributed by atoms with Gasteiger partial charge < -0.3 is 20.4 Å². The van der Waals surface area contributed by atoms with Crippen molar-refractivity contribution < 1.29 is 25.2 Å². The monoisotopic (exact) mass is 180 g/mol. The van der Waals surface area contributed by atoms with Crippen LogP contribution >= 0.6 is 0 Å². The molecule has 0 aromatic heterocycles. The Morgan fingerprint density at radius 2 is 1.50 bits per heavy atom. The SMILES string of the molecule is C=C.CC(=O)O.OCC(O)CO. The van der Waals surface area contributed by atoms with Crippen molar-refractivity contribution in [2.75, 3.05) is 13.2 Å². The summed E-state index contributed by atoms with van der Waals surface area (Å²) in [6.07, 6.45) is -0.954. The van der Waals surface area contributed by atoms with E-state index in [0.29, 0.717) is 0 Å². The van der Waals surface area contributed by atoms with Crippen LogP contribution in [0.4, 0.5) is 0 Å². The number of aliphatic hydroxyl groups is 3. The first-order valence-electron chi connectivity index (χ1n) is 3.13. The Hall–Kier alpha value is -0.910. The minimum Gasteiger partial charge on any atom is -0.481 e. The van der Waals surface area contributed by atoms with Crippen LogP contribution in [0, 0.1) is 0 Å². The molecule has 0 fully saturated rings. The molecule has 0 heterocycles. The molecule has 0 saturated heterocycles. The van der Waals surface area contributed by atoms with Crippen LogP contribution in [0.5, 0.6) is 0 Å². The molecule has 0 saturated carbocycles. The number of carboxylic acids is 1. The number of rotatable bonds is 2. The highest BCUT2D eigenvalue weighted by Crippen LogP contribution is 1.71. The normalized spacial score (nSPS) is 7.42.